The quantitative estimate of drug-likeness (QED) is 0.709. The highest BCUT2D eigenvalue weighted by Gasteiger charge is 2.33. The van der Waals surface area contributed by atoms with Crippen molar-refractivity contribution < 1.29 is 24.5 Å². The number of ketones is 2. The Kier molecular flexibility index (Phi) is 2.47. The normalized spacial score (nSPS) is 20.6. The predicted molar refractivity (Wildman–Crippen MR) is 71.2 cm³/mol. The number of carbonyl (C=O) groups excluding carboxylic acids is 2. The molecule has 1 aromatic rings. The Balaban J connectivity index is 2.37. The van der Waals surface area contributed by atoms with Crippen LogP contribution in [-0.4, -0.2) is 21.8 Å². The number of rotatable bonds is 0. The van der Waals surface area contributed by atoms with Crippen LogP contribution < -0.4 is 0 Å². The van der Waals surface area contributed by atoms with Crippen LogP contribution in [0.2, 0.25) is 0 Å². The monoisotopic (exact) mass is 272 g/mol. The summed E-state index contributed by atoms with van der Waals surface area (Å²) in [5.41, 5.74) is 1.13. The second-order valence-electron chi connectivity index (χ2n) is 4.89. The van der Waals surface area contributed by atoms with E-state index in [1.807, 2.05) is 0 Å². The van der Waals surface area contributed by atoms with Gasteiger partial charge in [0.2, 0.25) is 11.6 Å². The number of allylic oxidation sites excluding steroid dienone is 2. The minimum atomic E-state index is -0.796. The van der Waals surface area contributed by atoms with E-state index in [1.165, 1.54) is 6.07 Å². The van der Waals surface area contributed by atoms with Crippen LogP contribution in [0.5, 0.6) is 5.75 Å². The van der Waals surface area contributed by atoms with Crippen LogP contribution >= 0.6 is 0 Å². The third-order valence-corrected chi connectivity index (χ3v) is 3.49. The van der Waals surface area contributed by atoms with E-state index in [-0.39, 0.29) is 16.9 Å². The topological polar surface area (TPSA) is 83.8 Å². The molecule has 1 aromatic carbocycles. The molecule has 0 unspecified atom stereocenters. The van der Waals surface area contributed by atoms with Crippen molar-refractivity contribution >= 4 is 23.4 Å². The molecule has 5 heteroatoms. The second kappa shape index (κ2) is 3.96. The van der Waals surface area contributed by atoms with Crippen LogP contribution in [0, 0.1) is 0 Å². The van der Waals surface area contributed by atoms with Crippen LogP contribution in [0.15, 0.2) is 17.9 Å². The average molecular weight is 272 g/mol. The molecule has 1 aliphatic heterocycles. The fourth-order valence-corrected chi connectivity index (χ4v) is 2.67. The molecule has 5 nitrogen and oxygen atoms in total. The standard InChI is InChI=1S/C15H12O5/c1-6-3-8-4-9-13(10(16)5-11(17)14(9)18)15(19)12(8)7(2)20-6/h3-5,7,16,19H,1-2H3/t7-/m0/s1. The molecule has 20 heavy (non-hydrogen) atoms. The van der Waals surface area contributed by atoms with E-state index in [0.717, 1.165) is 6.08 Å². The van der Waals surface area contributed by atoms with E-state index in [9.17, 15) is 19.8 Å². The van der Waals surface area contributed by atoms with Gasteiger partial charge >= 0.3 is 0 Å². The third kappa shape index (κ3) is 1.56. The summed E-state index contributed by atoms with van der Waals surface area (Å²) in [6.45, 7) is 3.53. The molecule has 0 radical (unpaired) electrons. The maximum atomic E-state index is 11.9. The second-order valence-corrected chi connectivity index (χ2v) is 4.89. The van der Waals surface area contributed by atoms with E-state index in [1.54, 1.807) is 19.9 Å². The molecule has 0 fully saturated rings. The van der Waals surface area contributed by atoms with Crippen molar-refractivity contribution in [3.05, 3.63) is 40.2 Å². The molecule has 3 rings (SSSR count). The first-order valence-electron chi connectivity index (χ1n) is 6.14. The Labute approximate surface area is 114 Å². The number of phenolic OH excluding ortho intramolecular Hbond substituents is 1. The van der Waals surface area contributed by atoms with Gasteiger partial charge in [-0.25, -0.2) is 0 Å². The molecule has 1 aliphatic carbocycles. The fraction of sp³-hybridized carbons (Fsp3) is 0.200. The van der Waals surface area contributed by atoms with Gasteiger partial charge in [0.1, 0.15) is 17.6 Å². The van der Waals surface area contributed by atoms with Gasteiger partial charge in [-0.3, -0.25) is 9.59 Å². The van der Waals surface area contributed by atoms with Crippen LogP contribution in [-0.2, 0) is 9.53 Å². The molecule has 1 heterocycles. The molecule has 0 saturated carbocycles. The van der Waals surface area contributed by atoms with Crippen molar-refractivity contribution in [3.8, 4) is 5.75 Å². The first kappa shape index (κ1) is 12.5. The molecule has 2 aliphatic rings. The summed E-state index contributed by atoms with van der Waals surface area (Å²) in [5.74, 6) is -1.50. The van der Waals surface area contributed by atoms with E-state index < -0.39 is 23.4 Å². The maximum absolute atomic E-state index is 11.9. The SMILES string of the molecule is CC1=Cc2cc3c(c(O)c2[C@H](C)O1)C(O)=CC(=O)C3=O. The number of Topliss-reactive ketones (excluding diaryl/α,β-unsaturated/α-hetero) is 1. The molecule has 0 saturated heterocycles. The van der Waals surface area contributed by atoms with Gasteiger partial charge in [-0.2, -0.15) is 0 Å². The number of aromatic hydroxyl groups is 1. The van der Waals surface area contributed by atoms with Gasteiger partial charge in [0.05, 0.1) is 11.3 Å². The fourth-order valence-electron chi connectivity index (χ4n) is 2.67. The number of carbonyl (C=O) groups is 2. The lowest BCUT2D eigenvalue weighted by atomic mass is 9.86. The highest BCUT2D eigenvalue weighted by atomic mass is 16.5. The first-order chi connectivity index (χ1) is 9.40. The lowest BCUT2D eigenvalue weighted by Crippen LogP contribution is -2.20. The number of ether oxygens (including phenoxy) is 1. The van der Waals surface area contributed by atoms with Gasteiger partial charge in [-0.05, 0) is 31.6 Å². The average Bonchev–Trinajstić information content (AvgIpc) is 2.34. The Morgan fingerprint density at radius 1 is 1.20 bits per heavy atom. The minimum Gasteiger partial charge on any atom is -0.507 e. The highest BCUT2D eigenvalue weighted by molar-refractivity contribution is 6.50. The lowest BCUT2D eigenvalue weighted by Gasteiger charge is -2.26. The van der Waals surface area contributed by atoms with Crippen molar-refractivity contribution in [3.63, 3.8) is 0 Å². The molecule has 2 N–H and O–H groups in total. The zero-order valence-electron chi connectivity index (χ0n) is 10.9. The highest BCUT2D eigenvalue weighted by Crippen LogP contribution is 2.43. The largest absolute Gasteiger partial charge is 0.507 e. The Morgan fingerprint density at radius 3 is 2.60 bits per heavy atom. The number of aliphatic hydroxyl groups is 1. The summed E-state index contributed by atoms with van der Waals surface area (Å²) in [5, 5.41) is 20.2. The van der Waals surface area contributed by atoms with Gasteiger partial charge in [0, 0.05) is 17.2 Å². The van der Waals surface area contributed by atoms with E-state index in [4.69, 9.17) is 4.74 Å². The van der Waals surface area contributed by atoms with E-state index >= 15 is 0 Å². The molecular formula is C15H12O5. The summed E-state index contributed by atoms with van der Waals surface area (Å²) in [7, 11) is 0. The zero-order chi connectivity index (χ0) is 14.6. The molecule has 1 atom stereocenters. The predicted octanol–water partition coefficient (Wildman–Crippen LogP) is 2.51. The summed E-state index contributed by atoms with van der Waals surface area (Å²) >= 11 is 0. The van der Waals surface area contributed by atoms with Crippen LogP contribution in [0.4, 0.5) is 0 Å². The molecular weight excluding hydrogens is 260 g/mol. The van der Waals surface area contributed by atoms with Crippen LogP contribution in [0.25, 0.3) is 11.8 Å². The molecule has 0 aromatic heterocycles. The Morgan fingerprint density at radius 2 is 1.90 bits per heavy atom. The summed E-state index contributed by atoms with van der Waals surface area (Å²) in [4.78, 5) is 23.4. The van der Waals surface area contributed by atoms with E-state index in [2.05, 4.69) is 0 Å². The summed E-state index contributed by atoms with van der Waals surface area (Å²) in [6, 6.07) is 1.51. The van der Waals surface area contributed by atoms with Gasteiger partial charge in [-0.15, -0.1) is 0 Å². The van der Waals surface area contributed by atoms with E-state index in [0.29, 0.717) is 16.9 Å². The van der Waals surface area contributed by atoms with Crippen LogP contribution in [0.3, 0.4) is 0 Å². The first-order valence-corrected chi connectivity index (χ1v) is 6.14. The van der Waals surface area contributed by atoms with Crippen molar-refractivity contribution in [1.29, 1.82) is 0 Å². The maximum Gasteiger partial charge on any atom is 0.233 e. The van der Waals surface area contributed by atoms with Gasteiger partial charge in [-0.1, -0.05) is 0 Å². The van der Waals surface area contributed by atoms with Gasteiger partial charge in [0.15, 0.2) is 0 Å². The van der Waals surface area contributed by atoms with Crippen molar-refractivity contribution in [1.82, 2.24) is 0 Å². The van der Waals surface area contributed by atoms with Gasteiger partial charge < -0.3 is 14.9 Å². The van der Waals surface area contributed by atoms with Crippen molar-refractivity contribution in [2.75, 3.05) is 0 Å². The summed E-state index contributed by atoms with van der Waals surface area (Å²) in [6.07, 6.45) is 2.11. The molecule has 0 amide bonds. The molecule has 102 valence electrons. The lowest BCUT2D eigenvalue weighted by molar-refractivity contribution is -0.111. The number of hydrogen-bond donors (Lipinski definition) is 2. The third-order valence-electron chi connectivity index (χ3n) is 3.49. The smallest absolute Gasteiger partial charge is 0.233 e. The Hall–Kier alpha value is -2.56. The van der Waals surface area contributed by atoms with Crippen LogP contribution in [0.1, 0.15) is 47.0 Å². The zero-order valence-corrected chi connectivity index (χ0v) is 10.9. The van der Waals surface area contributed by atoms with Crippen molar-refractivity contribution in [2.24, 2.45) is 0 Å². The van der Waals surface area contributed by atoms with Gasteiger partial charge in [0.25, 0.3) is 0 Å². The number of aliphatic hydroxyl groups excluding tert-OH is 1. The number of hydrogen-bond acceptors (Lipinski definition) is 5. The molecule has 0 bridgehead atoms. The number of fused-ring (bicyclic) bond motifs is 2. The molecule has 0 spiro atoms. The number of benzene rings is 1. The van der Waals surface area contributed by atoms with Crippen molar-refractivity contribution in [2.45, 2.75) is 20.0 Å². The summed E-state index contributed by atoms with van der Waals surface area (Å²) < 4.78 is 5.52. The minimum absolute atomic E-state index is 0.00301. The number of phenols is 1. The Bertz CT molecular complexity index is 724.